The Morgan fingerprint density at radius 1 is 1.32 bits per heavy atom. The topological polar surface area (TPSA) is 107 Å². The summed E-state index contributed by atoms with van der Waals surface area (Å²) in [5.74, 6) is -1.48. The quantitative estimate of drug-likeness (QED) is 0.529. The standard InChI is InChI=1S/C19H16F4N6O2/c20-13-2-1-12(31-19(21,22)23)5-10(13)7-26-18(30)14-6-11(8-25-14)15-3-4-16-17(24)27-9-28-29(15)16/h1-6,9,14,25H,7-8H2,(H,26,30)(H2,24,27,28)/t14-/m0/s1. The van der Waals surface area contributed by atoms with Gasteiger partial charge in [-0.05, 0) is 35.9 Å². The van der Waals surface area contributed by atoms with Gasteiger partial charge in [0.05, 0.1) is 5.69 Å². The fourth-order valence-electron chi connectivity index (χ4n) is 3.26. The molecule has 0 bridgehead atoms. The molecule has 0 saturated carbocycles. The molecule has 0 aliphatic carbocycles. The van der Waals surface area contributed by atoms with Crippen molar-refractivity contribution in [2.24, 2.45) is 0 Å². The average molecular weight is 436 g/mol. The van der Waals surface area contributed by atoms with Gasteiger partial charge in [-0.25, -0.2) is 13.9 Å². The number of nitrogen functional groups attached to an aromatic ring is 1. The lowest BCUT2D eigenvalue weighted by atomic mass is 10.1. The molecule has 162 valence electrons. The maximum Gasteiger partial charge on any atom is 0.573 e. The van der Waals surface area contributed by atoms with E-state index in [-0.39, 0.29) is 12.1 Å². The Morgan fingerprint density at radius 2 is 2.13 bits per heavy atom. The first kappa shape index (κ1) is 20.6. The predicted octanol–water partition coefficient (Wildman–Crippen LogP) is 2.02. The number of fused-ring (bicyclic) bond motifs is 1. The zero-order valence-electron chi connectivity index (χ0n) is 15.8. The number of carbonyl (C=O) groups excluding carboxylic acids is 1. The summed E-state index contributed by atoms with van der Waals surface area (Å²) in [7, 11) is 0. The van der Waals surface area contributed by atoms with Crippen LogP contribution in [-0.4, -0.2) is 39.5 Å². The van der Waals surface area contributed by atoms with Crippen molar-refractivity contribution in [2.75, 3.05) is 12.3 Å². The largest absolute Gasteiger partial charge is 0.573 e. The molecule has 12 heteroatoms. The zero-order chi connectivity index (χ0) is 22.2. The van der Waals surface area contributed by atoms with Gasteiger partial charge in [-0.15, -0.1) is 13.2 Å². The van der Waals surface area contributed by atoms with E-state index in [1.807, 2.05) is 0 Å². The highest BCUT2D eigenvalue weighted by Gasteiger charge is 2.31. The number of carbonyl (C=O) groups is 1. The number of nitrogens with one attached hydrogen (secondary N) is 2. The monoisotopic (exact) mass is 436 g/mol. The number of hydrogen-bond acceptors (Lipinski definition) is 6. The number of amides is 1. The molecule has 0 radical (unpaired) electrons. The number of hydrogen-bond donors (Lipinski definition) is 3. The van der Waals surface area contributed by atoms with Crippen molar-refractivity contribution >= 4 is 22.8 Å². The van der Waals surface area contributed by atoms with Gasteiger partial charge in [0.2, 0.25) is 5.91 Å². The molecule has 0 saturated heterocycles. The molecule has 0 spiro atoms. The van der Waals surface area contributed by atoms with Gasteiger partial charge in [-0.1, -0.05) is 6.08 Å². The van der Waals surface area contributed by atoms with Gasteiger partial charge in [-0.3, -0.25) is 10.1 Å². The molecule has 0 unspecified atom stereocenters. The molecule has 2 aromatic heterocycles. The third kappa shape index (κ3) is 4.43. The molecule has 1 amide bonds. The van der Waals surface area contributed by atoms with E-state index in [0.717, 1.165) is 29.5 Å². The van der Waals surface area contributed by atoms with Gasteiger partial charge >= 0.3 is 6.36 Å². The van der Waals surface area contributed by atoms with Crippen LogP contribution in [0.25, 0.3) is 11.1 Å². The van der Waals surface area contributed by atoms with Gasteiger partial charge < -0.3 is 15.8 Å². The second-order valence-corrected chi connectivity index (χ2v) is 6.73. The number of benzene rings is 1. The molecule has 1 aliphatic heterocycles. The second-order valence-electron chi connectivity index (χ2n) is 6.73. The summed E-state index contributed by atoms with van der Waals surface area (Å²) in [4.78, 5) is 16.4. The third-order valence-electron chi connectivity index (χ3n) is 4.68. The second kappa shape index (κ2) is 7.87. The Bertz CT molecular complexity index is 1170. The average Bonchev–Trinajstić information content (AvgIpc) is 3.34. The van der Waals surface area contributed by atoms with Gasteiger partial charge in [0, 0.05) is 18.7 Å². The van der Waals surface area contributed by atoms with Crippen LogP contribution >= 0.6 is 0 Å². The van der Waals surface area contributed by atoms with Crippen LogP contribution in [0.2, 0.25) is 0 Å². The fraction of sp³-hybridized carbons (Fsp3) is 0.211. The smallest absolute Gasteiger partial charge is 0.406 e. The van der Waals surface area contributed by atoms with Gasteiger partial charge in [-0.2, -0.15) is 5.10 Å². The van der Waals surface area contributed by atoms with Crippen LogP contribution in [-0.2, 0) is 11.3 Å². The Kier molecular flexibility index (Phi) is 5.23. The van der Waals surface area contributed by atoms with Gasteiger partial charge in [0.15, 0.2) is 5.82 Å². The summed E-state index contributed by atoms with van der Waals surface area (Å²) >= 11 is 0. The predicted molar refractivity (Wildman–Crippen MR) is 102 cm³/mol. The minimum atomic E-state index is -4.90. The fourth-order valence-corrected chi connectivity index (χ4v) is 3.26. The first-order valence-electron chi connectivity index (χ1n) is 9.06. The minimum Gasteiger partial charge on any atom is -0.406 e. The molecule has 31 heavy (non-hydrogen) atoms. The minimum absolute atomic E-state index is 0.137. The van der Waals surface area contributed by atoms with Crippen LogP contribution in [0, 0.1) is 5.82 Å². The number of anilines is 1. The Morgan fingerprint density at radius 3 is 2.90 bits per heavy atom. The molecule has 1 aliphatic rings. The summed E-state index contributed by atoms with van der Waals surface area (Å²) in [6.07, 6.45) is -1.88. The highest BCUT2D eigenvalue weighted by Crippen LogP contribution is 2.25. The van der Waals surface area contributed by atoms with E-state index in [1.165, 1.54) is 6.33 Å². The number of alkyl halides is 3. The van der Waals surface area contributed by atoms with E-state index in [0.29, 0.717) is 17.9 Å². The van der Waals surface area contributed by atoms with Crippen LogP contribution in [0.15, 0.2) is 42.7 Å². The summed E-state index contributed by atoms with van der Waals surface area (Å²) in [6.45, 7) is 0.0657. The number of nitrogens with two attached hydrogens (primary N) is 1. The molecule has 8 nitrogen and oxygen atoms in total. The summed E-state index contributed by atoms with van der Waals surface area (Å²) in [5.41, 5.74) is 7.84. The lowest BCUT2D eigenvalue weighted by Crippen LogP contribution is -2.40. The third-order valence-corrected chi connectivity index (χ3v) is 4.68. The summed E-state index contributed by atoms with van der Waals surface area (Å²) in [5, 5.41) is 9.67. The van der Waals surface area contributed by atoms with E-state index >= 15 is 0 Å². The maximum absolute atomic E-state index is 13.9. The van der Waals surface area contributed by atoms with E-state index in [4.69, 9.17) is 5.73 Å². The number of nitrogens with zero attached hydrogens (tertiary/aromatic N) is 3. The van der Waals surface area contributed by atoms with Crippen molar-refractivity contribution in [3.8, 4) is 5.75 Å². The SMILES string of the molecule is Nc1ncnn2c(C3=C[C@@H](C(=O)NCc4cc(OC(F)(F)F)ccc4F)NC3)ccc12. The van der Waals surface area contributed by atoms with Crippen molar-refractivity contribution in [1.82, 2.24) is 25.2 Å². The first-order valence-corrected chi connectivity index (χ1v) is 9.06. The van der Waals surface area contributed by atoms with Crippen molar-refractivity contribution in [2.45, 2.75) is 18.9 Å². The molecular weight excluding hydrogens is 420 g/mol. The number of aromatic nitrogens is 3. The van der Waals surface area contributed by atoms with E-state index in [1.54, 1.807) is 22.7 Å². The molecule has 1 atom stereocenters. The van der Waals surface area contributed by atoms with Crippen LogP contribution in [0.5, 0.6) is 5.75 Å². The van der Waals surface area contributed by atoms with Crippen LogP contribution in [0.3, 0.4) is 0 Å². The van der Waals surface area contributed by atoms with Crippen molar-refractivity contribution < 1.29 is 27.1 Å². The van der Waals surface area contributed by atoms with Gasteiger partial charge in [0.1, 0.15) is 29.5 Å². The Balaban J connectivity index is 1.45. The number of halogens is 4. The molecular formula is C19H16F4N6O2. The highest BCUT2D eigenvalue weighted by molar-refractivity contribution is 5.88. The van der Waals surface area contributed by atoms with Gasteiger partial charge in [0.25, 0.3) is 0 Å². The lowest BCUT2D eigenvalue weighted by molar-refractivity contribution is -0.274. The van der Waals surface area contributed by atoms with Crippen molar-refractivity contribution in [3.63, 3.8) is 0 Å². The Hall–Kier alpha value is -3.67. The molecule has 4 rings (SSSR count). The summed E-state index contributed by atoms with van der Waals surface area (Å²) < 4.78 is 56.4. The van der Waals surface area contributed by atoms with Crippen LogP contribution in [0.4, 0.5) is 23.4 Å². The highest BCUT2D eigenvalue weighted by atomic mass is 19.4. The first-order chi connectivity index (χ1) is 14.7. The van der Waals surface area contributed by atoms with Crippen molar-refractivity contribution in [1.29, 1.82) is 0 Å². The van der Waals surface area contributed by atoms with Crippen molar-refractivity contribution in [3.05, 3.63) is 59.8 Å². The molecule has 4 N–H and O–H groups in total. The lowest BCUT2D eigenvalue weighted by Gasteiger charge is -2.13. The molecule has 3 aromatic rings. The number of ether oxygens (including phenoxy) is 1. The normalized spacial score (nSPS) is 16.4. The van der Waals surface area contributed by atoms with E-state index < -0.39 is 29.9 Å². The molecule has 0 fully saturated rings. The van der Waals surface area contributed by atoms with E-state index in [2.05, 4.69) is 25.5 Å². The zero-order valence-corrected chi connectivity index (χ0v) is 15.8. The van der Waals surface area contributed by atoms with Crippen LogP contribution in [0.1, 0.15) is 11.3 Å². The Labute approximate surface area is 172 Å². The molecule has 3 heterocycles. The molecule has 1 aromatic carbocycles. The summed E-state index contributed by atoms with van der Waals surface area (Å²) in [6, 6.07) is 5.45. The number of rotatable bonds is 5. The van der Waals surface area contributed by atoms with Crippen LogP contribution < -0.4 is 21.1 Å². The maximum atomic E-state index is 13.9. The van der Waals surface area contributed by atoms with E-state index in [9.17, 15) is 22.4 Å².